The molecule has 0 atom stereocenters. The standard InChI is InChI=1S/C18H22N2O3/c1-19-7-9-20(10-8-19)11-15-16(21)6-5-13-12-3-2-4-14(12)18(22)23-17(13)15/h5-6,21H,2-4,7-11H2,1H3/p+2. The van der Waals surface area contributed by atoms with E-state index < -0.39 is 0 Å². The molecule has 23 heavy (non-hydrogen) atoms. The summed E-state index contributed by atoms with van der Waals surface area (Å²) in [5.41, 5.74) is 3.16. The predicted molar refractivity (Wildman–Crippen MR) is 87.2 cm³/mol. The smallest absolute Gasteiger partial charge is 0.339 e. The fourth-order valence-corrected chi connectivity index (χ4v) is 4.02. The number of aromatic hydroxyl groups is 1. The number of benzene rings is 1. The second kappa shape index (κ2) is 5.65. The fraction of sp³-hybridized carbons (Fsp3) is 0.500. The number of hydrogen-bond acceptors (Lipinski definition) is 3. The Morgan fingerprint density at radius 2 is 1.87 bits per heavy atom. The van der Waals surface area contributed by atoms with Gasteiger partial charge in [0.05, 0.1) is 12.6 Å². The first-order valence-electron chi connectivity index (χ1n) is 8.58. The van der Waals surface area contributed by atoms with Crippen LogP contribution in [-0.4, -0.2) is 38.3 Å². The second-order valence-corrected chi connectivity index (χ2v) is 7.02. The number of piperazine rings is 1. The lowest BCUT2D eigenvalue weighted by atomic mass is 10.0. The summed E-state index contributed by atoms with van der Waals surface area (Å²) in [6.07, 6.45) is 2.77. The minimum absolute atomic E-state index is 0.213. The Hall–Kier alpha value is -1.85. The highest BCUT2D eigenvalue weighted by Gasteiger charge is 2.26. The fourth-order valence-electron chi connectivity index (χ4n) is 4.02. The van der Waals surface area contributed by atoms with E-state index >= 15 is 0 Å². The molecule has 2 heterocycles. The number of phenols is 1. The van der Waals surface area contributed by atoms with E-state index in [1.54, 1.807) is 11.0 Å². The van der Waals surface area contributed by atoms with Gasteiger partial charge in [-0.15, -0.1) is 0 Å². The maximum absolute atomic E-state index is 12.3. The van der Waals surface area contributed by atoms with Gasteiger partial charge in [0, 0.05) is 10.9 Å². The molecular formula is C18H24N2O3+2. The quantitative estimate of drug-likeness (QED) is 0.617. The average molecular weight is 316 g/mol. The van der Waals surface area contributed by atoms with Crippen molar-refractivity contribution in [3.8, 4) is 5.75 Å². The Morgan fingerprint density at radius 1 is 1.13 bits per heavy atom. The van der Waals surface area contributed by atoms with E-state index in [0.717, 1.165) is 74.1 Å². The molecule has 2 aliphatic rings. The van der Waals surface area contributed by atoms with E-state index in [2.05, 4.69) is 7.05 Å². The molecule has 0 spiro atoms. The molecule has 5 nitrogen and oxygen atoms in total. The molecule has 1 fully saturated rings. The maximum Gasteiger partial charge on any atom is 0.339 e. The summed E-state index contributed by atoms with van der Waals surface area (Å²) in [4.78, 5) is 15.3. The first kappa shape index (κ1) is 14.7. The van der Waals surface area contributed by atoms with E-state index in [9.17, 15) is 9.90 Å². The molecule has 122 valence electrons. The zero-order chi connectivity index (χ0) is 16.0. The summed E-state index contributed by atoms with van der Waals surface area (Å²) in [5.74, 6) is 0.248. The molecule has 0 radical (unpaired) electrons. The molecule has 0 bridgehead atoms. The maximum atomic E-state index is 12.3. The third-order valence-corrected chi connectivity index (χ3v) is 5.46. The molecule has 2 aromatic rings. The van der Waals surface area contributed by atoms with Gasteiger partial charge in [0.25, 0.3) is 0 Å². The summed E-state index contributed by atoms with van der Waals surface area (Å²) >= 11 is 0. The second-order valence-electron chi connectivity index (χ2n) is 7.02. The third kappa shape index (κ3) is 2.54. The van der Waals surface area contributed by atoms with Crippen LogP contribution in [0.4, 0.5) is 0 Å². The number of phenolic OH excluding ortho intramolecular Hbond substituents is 1. The first-order valence-corrected chi connectivity index (χ1v) is 8.58. The number of hydrogen-bond donors (Lipinski definition) is 3. The number of nitrogens with one attached hydrogen (secondary N) is 2. The SMILES string of the molecule is C[NH+]1CC[NH+](Cc2c(O)ccc3c4c(c(=O)oc23)CCC4)CC1. The van der Waals surface area contributed by atoms with Gasteiger partial charge in [-0.25, -0.2) is 4.79 Å². The van der Waals surface area contributed by atoms with E-state index in [0.29, 0.717) is 5.58 Å². The molecule has 1 aliphatic carbocycles. The van der Waals surface area contributed by atoms with Gasteiger partial charge in [-0.1, -0.05) is 0 Å². The summed E-state index contributed by atoms with van der Waals surface area (Å²) in [5, 5.41) is 11.4. The molecular weight excluding hydrogens is 292 g/mol. The van der Waals surface area contributed by atoms with Crippen LogP contribution in [-0.2, 0) is 19.4 Å². The van der Waals surface area contributed by atoms with E-state index in [1.807, 2.05) is 6.07 Å². The summed E-state index contributed by atoms with van der Waals surface area (Å²) in [7, 11) is 2.22. The van der Waals surface area contributed by atoms with Crippen molar-refractivity contribution < 1.29 is 19.3 Å². The monoisotopic (exact) mass is 316 g/mol. The van der Waals surface area contributed by atoms with Crippen LogP contribution < -0.4 is 15.4 Å². The van der Waals surface area contributed by atoms with E-state index in [4.69, 9.17) is 4.42 Å². The average Bonchev–Trinajstić information content (AvgIpc) is 3.03. The summed E-state index contributed by atoms with van der Waals surface area (Å²) in [6, 6.07) is 3.67. The van der Waals surface area contributed by atoms with Gasteiger partial charge in [-0.05, 0) is 37.0 Å². The van der Waals surface area contributed by atoms with Gasteiger partial charge in [-0.2, -0.15) is 0 Å². The molecule has 0 unspecified atom stereocenters. The number of likely N-dealkylation sites (N-methyl/N-ethyl adjacent to an activating group) is 1. The molecule has 1 saturated heterocycles. The number of quaternary nitrogens is 2. The van der Waals surface area contributed by atoms with Crippen molar-refractivity contribution in [2.24, 2.45) is 0 Å². The van der Waals surface area contributed by atoms with E-state index in [-0.39, 0.29) is 11.4 Å². The van der Waals surface area contributed by atoms with Crippen LogP contribution in [0.3, 0.4) is 0 Å². The first-order chi connectivity index (χ1) is 11.1. The van der Waals surface area contributed by atoms with Crippen molar-refractivity contribution >= 4 is 11.0 Å². The van der Waals surface area contributed by atoms with Crippen LogP contribution in [0.25, 0.3) is 11.0 Å². The van der Waals surface area contributed by atoms with Crippen molar-refractivity contribution in [1.82, 2.24) is 0 Å². The number of fused-ring (bicyclic) bond motifs is 3. The van der Waals surface area contributed by atoms with Crippen LogP contribution in [0, 0.1) is 0 Å². The molecule has 1 aliphatic heterocycles. The third-order valence-electron chi connectivity index (χ3n) is 5.46. The van der Waals surface area contributed by atoms with Crippen molar-refractivity contribution in [3.63, 3.8) is 0 Å². The Morgan fingerprint density at radius 3 is 2.65 bits per heavy atom. The number of rotatable bonds is 2. The van der Waals surface area contributed by atoms with Crippen LogP contribution in [0.15, 0.2) is 21.3 Å². The zero-order valence-corrected chi connectivity index (χ0v) is 13.6. The van der Waals surface area contributed by atoms with Crippen LogP contribution >= 0.6 is 0 Å². The highest BCUT2D eigenvalue weighted by atomic mass is 16.4. The largest absolute Gasteiger partial charge is 0.507 e. The normalized spacial score (nSPS) is 24.0. The van der Waals surface area contributed by atoms with Crippen LogP contribution in [0.5, 0.6) is 5.75 Å². The van der Waals surface area contributed by atoms with Crippen molar-refractivity contribution in [2.45, 2.75) is 25.8 Å². The summed E-state index contributed by atoms with van der Waals surface area (Å²) < 4.78 is 5.65. The lowest BCUT2D eigenvalue weighted by molar-refractivity contribution is -1.01. The van der Waals surface area contributed by atoms with Gasteiger partial charge in [0.1, 0.15) is 38.5 Å². The van der Waals surface area contributed by atoms with Gasteiger partial charge in [0.15, 0.2) is 5.58 Å². The molecule has 5 heteroatoms. The predicted octanol–water partition coefficient (Wildman–Crippen LogP) is -1.10. The van der Waals surface area contributed by atoms with Crippen LogP contribution in [0.1, 0.15) is 23.1 Å². The Bertz CT molecular complexity index is 804. The minimum Gasteiger partial charge on any atom is -0.507 e. The highest BCUT2D eigenvalue weighted by Crippen LogP contribution is 2.32. The molecule has 3 N–H and O–H groups in total. The molecule has 4 rings (SSSR count). The van der Waals surface area contributed by atoms with Crippen molar-refractivity contribution in [1.29, 1.82) is 0 Å². The van der Waals surface area contributed by atoms with Gasteiger partial charge in [0.2, 0.25) is 0 Å². The lowest BCUT2D eigenvalue weighted by Gasteiger charge is -2.27. The Labute approximate surface area is 135 Å². The van der Waals surface area contributed by atoms with Gasteiger partial charge < -0.3 is 19.3 Å². The van der Waals surface area contributed by atoms with E-state index in [1.165, 1.54) is 4.90 Å². The lowest BCUT2D eigenvalue weighted by Crippen LogP contribution is -3.26. The van der Waals surface area contributed by atoms with Crippen LogP contribution in [0.2, 0.25) is 0 Å². The topological polar surface area (TPSA) is 59.3 Å². The molecule has 0 saturated carbocycles. The number of aryl methyl sites for hydroxylation is 1. The minimum atomic E-state index is -0.213. The summed E-state index contributed by atoms with van der Waals surface area (Å²) in [6.45, 7) is 5.16. The van der Waals surface area contributed by atoms with Gasteiger partial charge in [-0.3, -0.25) is 0 Å². The molecule has 1 aromatic carbocycles. The molecule has 1 aromatic heterocycles. The van der Waals surface area contributed by atoms with Crippen molar-refractivity contribution in [2.75, 3.05) is 33.2 Å². The van der Waals surface area contributed by atoms with Crippen molar-refractivity contribution in [3.05, 3.63) is 39.2 Å². The Kier molecular flexibility index (Phi) is 3.62. The highest BCUT2D eigenvalue weighted by molar-refractivity contribution is 5.86. The van der Waals surface area contributed by atoms with Gasteiger partial charge >= 0.3 is 5.63 Å². The molecule has 0 amide bonds. The zero-order valence-electron chi connectivity index (χ0n) is 13.6. The Balaban J connectivity index is 1.78.